The smallest absolute Gasteiger partial charge is 0.330 e. The van der Waals surface area contributed by atoms with Gasteiger partial charge < -0.3 is 11.1 Å². The lowest BCUT2D eigenvalue weighted by molar-refractivity contribution is 0.486. The molecule has 0 bridgehead atoms. The van der Waals surface area contributed by atoms with Crippen LogP contribution in [0.1, 0.15) is 76.6 Å². The van der Waals surface area contributed by atoms with Crippen LogP contribution in [-0.2, 0) is 11.1 Å². The summed E-state index contributed by atoms with van der Waals surface area (Å²) in [7, 11) is 0. The second kappa shape index (κ2) is 13.0. The van der Waals surface area contributed by atoms with Crippen LogP contribution >= 0.6 is 11.6 Å². The molecular formula is C32H39ClN6O4. The molecule has 0 radical (unpaired) electrons. The SMILES string of the molecule is CC1(n2c(=O)cc(Cl)[nH]c2=O)CC1.C[C@H](N)c1ccccc1.C[C@H](Nc1cc(=O)n(C2(C)CC2)c(=O)[nH]1)c1ccccc1. The van der Waals surface area contributed by atoms with Crippen LogP contribution in [0.25, 0.3) is 0 Å². The van der Waals surface area contributed by atoms with E-state index in [1.165, 1.54) is 26.8 Å². The lowest BCUT2D eigenvalue weighted by Gasteiger charge is -2.17. The number of halogens is 1. The first-order valence-corrected chi connectivity index (χ1v) is 14.7. The Balaban J connectivity index is 0.000000163. The highest BCUT2D eigenvalue weighted by Crippen LogP contribution is 2.41. The van der Waals surface area contributed by atoms with E-state index in [9.17, 15) is 19.2 Å². The third kappa shape index (κ3) is 8.03. The molecule has 4 aromatic rings. The van der Waals surface area contributed by atoms with Crippen molar-refractivity contribution >= 4 is 17.4 Å². The van der Waals surface area contributed by atoms with E-state index in [0.29, 0.717) is 5.82 Å². The predicted octanol–water partition coefficient (Wildman–Crippen LogP) is 4.62. The van der Waals surface area contributed by atoms with Crippen LogP contribution in [0, 0.1) is 0 Å². The van der Waals surface area contributed by atoms with Gasteiger partial charge in [0.15, 0.2) is 0 Å². The molecule has 5 N–H and O–H groups in total. The van der Waals surface area contributed by atoms with E-state index >= 15 is 0 Å². The fourth-order valence-corrected chi connectivity index (χ4v) is 4.86. The van der Waals surface area contributed by atoms with Gasteiger partial charge in [-0.25, -0.2) is 9.59 Å². The normalized spacial score (nSPS) is 16.8. The van der Waals surface area contributed by atoms with Crippen molar-refractivity contribution < 1.29 is 0 Å². The molecule has 2 aromatic carbocycles. The fourth-order valence-electron chi connectivity index (χ4n) is 4.69. The summed E-state index contributed by atoms with van der Waals surface area (Å²) in [5.74, 6) is 0.460. The van der Waals surface area contributed by atoms with Crippen LogP contribution in [0.3, 0.4) is 0 Å². The molecular weight excluding hydrogens is 568 g/mol. The lowest BCUT2D eigenvalue weighted by atomic mass is 10.1. The predicted molar refractivity (Wildman–Crippen MR) is 171 cm³/mol. The molecule has 2 heterocycles. The van der Waals surface area contributed by atoms with Gasteiger partial charge in [0.2, 0.25) is 0 Å². The minimum Gasteiger partial charge on any atom is -0.365 e. The number of aromatic nitrogens is 4. The first kappa shape index (κ1) is 31.8. The Labute approximate surface area is 254 Å². The number of anilines is 1. The fraction of sp³-hybridized carbons (Fsp3) is 0.375. The van der Waals surface area contributed by atoms with Gasteiger partial charge in [-0.05, 0) is 64.5 Å². The van der Waals surface area contributed by atoms with Gasteiger partial charge in [0.25, 0.3) is 11.1 Å². The van der Waals surface area contributed by atoms with Crippen molar-refractivity contribution in [2.75, 3.05) is 5.32 Å². The summed E-state index contributed by atoms with van der Waals surface area (Å²) in [5, 5.41) is 3.26. The summed E-state index contributed by atoms with van der Waals surface area (Å²) < 4.78 is 2.56. The zero-order valence-electron chi connectivity index (χ0n) is 24.9. The maximum Gasteiger partial charge on any atom is 0.330 e. The number of rotatable bonds is 6. The summed E-state index contributed by atoms with van der Waals surface area (Å²) in [6, 6.07) is 22.8. The Morgan fingerprint density at radius 3 is 1.58 bits per heavy atom. The topological polar surface area (TPSA) is 148 Å². The van der Waals surface area contributed by atoms with Crippen LogP contribution in [-0.4, -0.2) is 19.1 Å². The Kier molecular flexibility index (Phi) is 9.62. The summed E-state index contributed by atoms with van der Waals surface area (Å²) in [6.45, 7) is 7.79. The first-order valence-electron chi connectivity index (χ1n) is 14.3. The Morgan fingerprint density at radius 2 is 1.19 bits per heavy atom. The molecule has 2 aromatic heterocycles. The molecule has 0 unspecified atom stereocenters. The van der Waals surface area contributed by atoms with E-state index in [1.54, 1.807) is 0 Å². The third-order valence-electron chi connectivity index (χ3n) is 7.86. The Bertz CT molecular complexity index is 1710. The minimum absolute atomic E-state index is 0.00797. The van der Waals surface area contributed by atoms with Crippen molar-refractivity contribution in [3.63, 3.8) is 0 Å². The van der Waals surface area contributed by atoms with E-state index < -0.39 is 5.69 Å². The van der Waals surface area contributed by atoms with Crippen LogP contribution in [0.4, 0.5) is 5.82 Å². The van der Waals surface area contributed by atoms with Gasteiger partial charge >= 0.3 is 11.4 Å². The standard InChI is InChI=1S/C16H19N3O2.C8H9ClN2O2.C8H11N/c1-11(12-6-4-3-5-7-12)17-13-10-14(20)19(15(21)18-13)16(2)8-9-16;1-8(2-3-8)11-6(12)4-5(9)10-7(11)13;1-7(9)8-5-3-2-4-6-8/h3-7,10-11,17H,8-9H2,1-2H3,(H,18,21);4H,2-3H2,1H3,(H,10,13);2-7H,9H2,1H3/t11-;;7-/m0.0/s1. The van der Waals surface area contributed by atoms with E-state index in [4.69, 9.17) is 17.3 Å². The zero-order chi connectivity index (χ0) is 31.4. The number of hydrogen-bond donors (Lipinski definition) is 4. The quantitative estimate of drug-likeness (QED) is 0.235. The third-order valence-corrected chi connectivity index (χ3v) is 8.06. The Morgan fingerprint density at radius 1 is 0.744 bits per heavy atom. The summed E-state index contributed by atoms with van der Waals surface area (Å²) >= 11 is 5.52. The van der Waals surface area contributed by atoms with E-state index in [1.807, 2.05) is 88.4 Å². The molecule has 0 amide bonds. The van der Waals surface area contributed by atoms with E-state index in [-0.39, 0.29) is 45.1 Å². The number of nitrogens with zero attached hydrogens (tertiary/aromatic N) is 2. The van der Waals surface area contributed by atoms with Gasteiger partial charge in [0, 0.05) is 24.2 Å². The molecule has 2 aliphatic rings. The van der Waals surface area contributed by atoms with E-state index in [2.05, 4.69) is 15.3 Å². The van der Waals surface area contributed by atoms with Crippen LogP contribution < -0.4 is 33.5 Å². The molecule has 11 heteroatoms. The van der Waals surface area contributed by atoms with Gasteiger partial charge in [-0.1, -0.05) is 72.3 Å². The van der Waals surface area contributed by atoms with Crippen LogP contribution in [0.5, 0.6) is 0 Å². The molecule has 43 heavy (non-hydrogen) atoms. The highest BCUT2D eigenvalue weighted by Gasteiger charge is 2.42. The average molecular weight is 607 g/mol. The largest absolute Gasteiger partial charge is 0.365 e. The molecule has 0 saturated heterocycles. The highest BCUT2D eigenvalue weighted by molar-refractivity contribution is 6.29. The van der Waals surface area contributed by atoms with Crippen molar-refractivity contribution in [3.05, 3.63) is 131 Å². The molecule has 2 saturated carbocycles. The maximum atomic E-state index is 12.2. The molecule has 228 valence electrons. The van der Waals surface area contributed by atoms with Crippen molar-refractivity contribution in [2.45, 2.75) is 76.5 Å². The monoisotopic (exact) mass is 606 g/mol. The lowest BCUT2D eigenvalue weighted by Crippen LogP contribution is -2.41. The number of nitrogens with one attached hydrogen (secondary N) is 3. The second-order valence-corrected chi connectivity index (χ2v) is 12.1. The van der Waals surface area contributed by atoms with Gasteiger partial charge in [0.05, 0.1) is 11.1 Å². The minimum atomic E-state index is -0.419. The van der Waals surface area contributed by atoms with Crippen LogP contribution in [0.15, 0.2) is 92.0 Å². The highest BCUT2D eigenvalue weighted by atomic mass is 35.5. The molecule has 10 nitrogen and oxygen atoms in total. The molecule has 2 aliphatic carbocycles. The molecule has 2 atom stereocenters. The van der Waals surface area contributed by atoms with Crippen molar-refractivity contribution in [1.82, 2.24) is 19.1 Å². The number of hydrogen-bond acceptors (Lipinski definition) is 6. The van der Waals surface area contributed by atoms with Gasteiger partial charge in [-0.15, -0.1) is 0 Å². The maximum absolute atomic E-state index is 12.2. The summed E-state index contributed by atoms with van der Waals surface area (Å²) in [4.78, 5) is 52.2. The number of benzene rings is 2. The van der Waals surface area contributed by atoms with Crippen molar-refractivity contribution in [3.8, 4) is 0 Å². The van der Waals surface area contributed by atoms with Gasteiger partial charge in [-0.2, -0.15) is 0 Å². The van der Waals surface area contributed by atoms with Gasteiger partial charge in [-0.3, -0.25) is 28.7 Å². The van der Waals surface area contributed by atoms with Crippen LogP contribution in [0.2, 0.25) is 5.15 Å². The Hall–Kier alpha value is -4.15. The number of H-pyrrole nitrogens is 2. The molecule has 0 spiro atoms. The first-order chi connectivity index (χ1) is 20.3. The second-order valence-electron chi connectivity index (χ2n) is 11.7. The van der Waals surface area contributed by atoms with E-state index in [0.717, 1.165) is 31.2 Å². The molecule has 2 fully saturated rings. The molecule has 6 rings (SSSR count). The zero-order valence-corrected chi connectivity index (χ0v) is 25.6. The van der Waals surface area contributed by atoms with Gasteiger partial charge in [0.1, 0.15) is 11.0 Å². The van der Waals surface area contributed by atoms with Crippen molar-refractivity contribution in [2.24, 2.45) is 5.73 Å². The van der Waals surface area contributed by atoms with Crippen molar-refractivity contribution in [1.29, 1.82) is 0 Å². The average Bonchev–Trinajstić information content (AvgIpc) is 3.88. The summed E-state index contributed by atoms with van der Waals surface area (Å²) in [5.41, 5.74) is 5.98. The summed E-state index contributed by atoms with van der Waals surface area (Å²) in [6.07, 6.45) is 3.50. The number of nitrogens with two attached hydrogens (primary N) is 1. The number of aromatic amines is 2. The molecule has 0 aliphatic heterocycles.